The van der Waals surface area contributed by atoms with E-state index >= 15 is 0 Å². The average Bonchev–Trinajstić information content (AvgIpc) is 2.94. The van der Waals surface area contributed by atoms with Gasteiger partial charge >= 0.3 is 0 Å². The molecule has 1 aromatic carbocycles. The average molecular weight is 306 g/mol. The quantitative estimate of drug-likeness (QED) is 0.791. The van der Waals surface area contributed by atoms with E-state index in [1.165, 1.54) is 17.4 Å². The van der Waals surface area contributed by atoms with Crippen molar-refractivity contribution in [3.05, 3.63) is 41.2 Å². The molecule has 0 unspecified atom stereocenters. The fourth-order valence-corrected chi connectivity index (χ4v) is 2.80. The molecule has 1 amide bonds. The predicted octanol–water partition coefficient (Wildman–Crippen LogP) is 3.80. The number of amides is 1. The van der Waals surface area contributed by atoms with Gasteiger partial charge in [0.2, 0.25) is 5.91 Å². The number of thiazole rings is 1. The van der Waals surface area contributed by atoms with Gasteiger partial charge in [-0.2, -0.15) is 0 Å². The molecule has 112 valence electrons. The SMILES string of the molecule is CCCCNC(=O)CCc1csc(-c2ccccc2F)n1. The summed E-state index contributed by atoms with van der Waals surface area (Å²) in [4.78, 5) is 16.0. The first-order valence-corrected chi connectivity index (χ1v) is 8.04. The maximum atomic E-state index is 13.7. The smallest absolute Gasteiger partial charge is 0.220 e. The normalized spacial score (nSPS) is 10.6. The minimum Gasteiger partial charge on any atom is -0.356 e. The van der Waals surface area contributed by atoms with Crippen LogP contribution in [-0.2, 0) is 11.2 Å². The molecule has 2 aromatic rings. The van der Waals surface area contributed by atoms with Gasteiger partial charge in [-0.05, 0) is 25.0 Å². The van der Waals surface area contributed by atoms with Crippen molar-refractivity contribution in [2.75, 3.05) is 6.54 Å². The van der Waals surface area contributed by atoms with Crippen LogP contribution in [0.5, 0.6) is 0 Å². The van der Waals surface area contributed by atoms with E-state index in [1.54, 1.807) is 18.2 Å². The largest absolute Gasteiger partial charge is 0.356 e. The van der Waals surface area contributed by atoms with Crippen molar-refractivity contribution in [3.8, 4) is 10.6 Å². The highest BCUT2D eigenvalue weighted by molar-refractivity contribution is 7.13. The van der Waals surface area contributed by atoms with Crippen LogP contribution in [0.3, 0.4) is 0 Å². The van der Waals surface area contributed by atoms with Crippen LogP contribution in [0.25, 0.3) is 10.6 Å². The molecule has 1 aromatic heterocycles. The Morgan fingerprint density at radius 2 is 2.19 bits per heavy atom. The van der Waals surface area contributed by atoms with Crippen LogP contribution >= 0.6 is 11.3 Å². The monoisotopic (exact) mass is 306 g/mol. The lowest BCUT2D eigenvalue weighted by molar-refractivity contribution is -0.121. The maximum Gasteiger partial charge on any atom is 0.220 e. The van der Waals surface area contributed by atoms with Gasteiger partial charge in [0, 0.05) is 23.9 Å². The first kappa shape index (κ1) is 15.6. The van der Waals surface area contributed by atoms with Gasteiger partial charge in [0.1, 0.15) is 10.8 Å². The second-order valence-corrected chi connectivity index (χ2v) is 5.69. The number of hydrogen-bond donors (Lipinski definition) is 1. The van der Waals surface area contributed by atoms with E-state index in [2.05, 4.69) is 17.2 Å². The maximum absolute atomic E-state index is 13.7. The Balaban J connectivity index is 1.89. The zero-order valence-electron chi connectivity index (χ0n) is 12.1. The number of rotatable bonds is 7. The number of unbranched alkanes of at least 4 members (excludes halogenated alkanes) is 1. The highest BCUT2D eigenvalue weighted by Gasteiger charge is 2.10. The fourth-order valence-electron chi connectivity index (χ4n) is 1.91. The molecule has 0 bridgehead atoms. The van der Waals surface area contributed by atoms with E-state index in [0.29, 0.717) is 23.4 Å². The number of nitrogens with one attached hydrogen (secondary N) is 1. The summed E-state index contributed by atoms with van der Waals surface area (Å²) in [6.07, 6.45) is 3.07. The van der Waals surface area contributed by atoms with Crippen LogP contribution in [-0.4, -0.2) is 17.4 Å². The van der Waals surface area contributed by atoms with Gasteiger partial charge in [-0.1, -0.05) is 25.5 Å². The number of carbonyl (C=O) groups excluding carboxylic acids is 1. The molecule has 2 rings (SSSR count). The Morgan fingerprint density at radius 1 is 1.38 bits per heavy atom. The van der Waals surface area contributed by atoms with Gasteiger partial charge in [-0.25, -0.2) is 9.37 Å². The zero-order chi connectivity index (χ0) is 15.1. The first-order valence-electron chi connectivity index (χ1n) is 7.16. The molecule has 0 aliphatic rings. The van der Waals surface area contributed by atoms with Crippen molar-refractivity contribution in [2.24, 2.45) is 0 Å². The highest BCUT2D eigenvalue weighted by Crippen LogP contribution is 2.26. The fraction of sp³-hybridized carbons (Fsp3) is 0.375. The Labute approximate surface area is 128 Å². The van der Waals surface area contributed by atoms with Crippen molar-refractivity contribution in [1.29, 1.82) is 0 Å². The summed E-state index contributed by atoms with van der Waals surface area (Å²) in [6, 6.07) is 6.60. The number of benzene rings is 1. The van der Waals surface area contributed by atoms with E-state index in [4.69, 9.17) is 0 Å². The molecular formula is C16H19FN2OS. The molecule has 0 spiro atoms. The van der Waals surface area contributed by atoms with Crippen LogP contribution in [0.1, 0.15) is 31.9 Å². The Hall–Kier alpha value is -1.75. The molecule has 0 aliphatic heterocycles. The van der Waals surface area contributed by atoms with Gasteiger partial charge < -0.3 is 5.32 Å². The van der Waals surface area contributed by atoms with Gasteiger partial charge in [-0.3, -0.25) is 4.79 Å². The number of carbonyl (C=O) groups is 1. The van der Waals surface area contributed by atoms with E-state index in [9.17, 15) is 9.18 Å². The van der Waals surface area contributed by atoms with Crippen LogP contribution in [0, 0.1) is 5.82 Å². The first-order chi connectivity index (χ1) is 10.2. The van der Waals surface area contributed by atoms with E-state index in [1.807, 2.05) is 5.38 Å². The molecule has 0 saturated heterocycles. The van der Waals surface area contributed by atoms with Crippen molar-refractivity contribution >= 4 is 17.2 Å². The Kier molecular flexibility index (Phi) is 5.87. The molecule has 5 heteroatoms. The molecule has 0 saturated carbocycles. The van der Waals surface area contributed by atoms with Gasteiger partial charge in [0.15, 0.2) is 0 Å². The third-order valence-corrected chi connectivity index (χ3v) is 4.04. The molecule has 21 heavy (non-hydrogen) atoms. The van der Waals surface area contributed by atoms with Gasteiger partial charge in [-0.15, -0.1) is 11.3 Å². The Bertz CT molecular complexity index is 597. The highest BCUT2D eigenvalue weighted by atomic mass is 32.1. The number of aromatic nitrogens is 1. The summed E-state index contributed by atoms with van der Waals surface area (Å²) in [6.45, 7) is 2.82. The van der Waals surface area contributed by atoms with Crippen LogP contribution < -0.4 is 5.32 Å². The van der Waals surface area contributed by atoms with E-state index in [-0.39, 0.29) is 11.7 Å². The molecule has 0 radical (unpaired) electrons. The number of hydrogen-bond acceptors (Lipinski definition) is 3. The van der Waals surface area contributed by atoms with Crippen molar-refractivity contribution in [3.63, 3.8) is 0 Å². The lowest BCUT2D eigenvalue weighted by Gasteiger charge is -2.02. The van der Waals surface area contributed by atoms with Crippen LogP contribution in [0.15, 0.2) is 29.6 Å². The summed E-state index contributed by atoms with van der Waals surface area (Å²) in [5, 5.41) is 5.43. The van der Waals surface area contributed by atoms with Crippen LogP contribution in [0.2, 0.25) is 0 Å². The third-order valence-electron chi connectivity index (χ3n) is 3.12. The van der Waals surface area contributed by atoms with Gasteiger partial charge in [0.25, 0.3) is 0 Å². The summed E-state index contributed by atoms with van der Waals surface area (Å²) in [5.74, 6) is -0.223. The second kappa shape index (κ2) is 7.88. The van der Waals surface area contributed by atoms with E-state index < -0.39 is 0 Å². The van der Waals surface area contributed by atoms with Gasteiger partial charge in [0.05, 0.1) is 5.69 Å². The predicted molar refractivity (Wildman–Crippen MR) is 83.7 cm³/mol. The standard InChI is InChI=1S/C16H19FN2OS/c1-2-3-10-18-15(20)9-8-12-11-21-16(19-12)13-6-4-5-7-14(13)17/h4-7,11H,2-3,8-10H2,1H3,(H,18,20). The molecule has 0 fully saturated rings. The number of nitrogens with zero attached hydrogens (tertiary/aromatic N) is 1. The Morgan fingerprint density at radius 3 is 2.95 bits per heavy atom. The summed E-state index contributed by atoms with van der Waals surface area (Å²) >= 11 is 1.41. The number of aryl methyl sites for hydroxylation is 1. The summed E-state index contributed by atoms with van der Waals surface area (Å²) in [7, 11) is 0. The van der Waals surface area contributed by atoms with Crippen molar-refractivity contribution < 1.29 is 9.18 Å². The zero-order valence-corrected chi connectivity index (χ0v) is 12.9. The molecule has 0 atom stereocenters. The molecule has 1 N–H and O–H groups in total. The molecule has 0 aliphatic carbocycles. The molecular weight excluding hydrogens is 287 g/mol. The van der Waals surface area contributed by atoms with Crippen molar-refractivity contribution in [1.82, 2.24) is 10.3 Å². The summed E-state index contributed by atoms with van der Waals surface area (Å²) in [5.41, 5.74) is 1.35. The second-order valence-electron chi connectivity index (χ2n) is 4.83. The van der Waals surface area contributed by atoms with E-state index in [0.717, 1.165) is 25.1 Å². The summed E-state index contributed by atoms with van der Waals surface area (Å²) < 4.78 is 13.7. The lowest BCUT2D eigenvalue weighted by atomic mass is 10.2. The van der Waals surface area contributed by atoms with Crippen LogP contribution in [0.4, 0.5) is 4.39 Å². The lowest BCUT2D eigenvalue weighted by Crippen LogP contribution is -2.24. The minimum atomic E-state index is -0.268. The third kappa shape index (κ3) is 4.63. The van der Waals surface area contributed by atoms with Crippen molar-refractivity contribution in [2.45, 2.75) is 32.6 Å². The minimum absolute atomic E-state index is 0.0453. The molecule has 3 nitrogen and oxygen atoms in total. The topological polar surface area (TPSA) is 42.0 Å². The number of halogens is 1. The molecule has 1 heterocycles.